The molecule has 0 aromatic rings. The van der Waals surface area contributed by atoms with Crippen molar-refractivity contribution in [3.63, 3.8) is 0 Å². The van der Waals surface area contributed by atoms with E-state index in [4.69, 9.17) is 5.11 Å². The van der Waals surface area contributed by atoms with Crippen LogP contribution < -0.4 is 0 Å². The molecule has 0 aliphatic carbocycles. The zero-order valence-corrected chi connectivity index (χ0v) is 7.89. The Hall–Kier alpha value is -0.0900. The summed E-state index contributed by atoms with van der Waals surface area (Å²) in [5.74, 6) is 0.453. The van der Waals surface area contributed by atoms with Gasteiger partial charge in [0.1, 0.15) is 9.84 Å². The lowest BCUT2D eigenvalue weighted by molar-refractivity contribution is 0.229. The van der Waals surface area contributed by atoms with Gasteiger partial charge in [-0.1, -0.05) is 6.92 Å². The quantitative estimate of drug-likeness (QED) is 0.668. The molecule has 0 bridgehead atoms. The molecule has 1 atom stereocenters. The van der Waals surface area contributed by atoms with Gasteiger partial charge in [0.25, 0.3) is 0 Å². The molecule has 0 saturated carbocycles. The molecule has 1 unspecified atom stereocenters. The van der Waals surface area contributed by atoms with E-state index in [1.165, 1.54) is 6.26 Å². The lowest BCUT2D eigenvalue weighted by Crippen LogP contribution is -2.06. The Morgan fingerprint density at radius 3 is 2.36 bits per heavy atom. The molecule has 0 aliphatic rings. The first-order chi connectivity index (χ1) is 4.95. The highest BCUT2D eigenvalue weighted by atomic mass is 32.2. The van der Waals surface area contributed by atoms with Crippen LogP contribution in [0.2, 0.25) is 0 Å². The number of sulfone groups is 1. The molecule has 0 amide bonds. The van der Waals surface area contributed by atoms with Gasteiger partial charge in [0.2, 0.25) is 0 Å². The minimum Gasteiger partial charge on any atom is -0.396 e. The van der Waals surface area contributed by atoms with E-state index in [1.54, 1.807) is 0 Å². The third-order valence-electron chi connectivity index (χ3n) is 1.52. The predicted octanol–water partition coefficient (Wildman–Crippen LogP) is 0.440. The fourth-order valence-electron chi connectivity index (χ4n) is 0.785. The average Bonchev–Trinajstić information content (AvgIpc) is 1.85. The molecule has 1 N–H and O–H groups in total. The van der Waals surface area contributed by atoms with Crippen LogP contribution in [0.25, 0.3) is 0 Å². The Morgan fingerprint density at radius 1 is 1.45 bits per heavy atom. The Balaban J connectivity index is 3.43. The molecule has 11 heavy (non-hydrogen) atoms. The van der Waals surface area contributed by atoms with Gasteiger partial charge in [-0.15, -0.1) is 0 Å². The molecule has 0 saturated heterocycles. The Morgan fingerprint density at radius 2 is 2.00 bits per heavy atom. The Labute approximate surface area is 68.3 Å². The van der Waals surface area contributed by atoms with Gasteiger partial charge in [0.15, 0.2) is 0 Å². The van der Waals surface area contributed by atoms with Crippen molar-refractivity contribution in [2.75, 3.05) is 18.6 Å². The summed E-state index contributed by atoms with van der Waals surface area (Å²) in [5, 5.41) is 8.61. The summed E-state index contributed by atoms with van der Waals surface area (Å²) in [6, 6.07) is 0. The van der Waals surface area contributed by atoms with Crippen LogP contribution in [0, 0.1) is 5.92 Å². The van der Waals surface area contributed by atoms with Crippen LogP contribution in [0.3, 0.4) is 0 Å². The van der Waals surface area contributed by atoms with Gasteiger partial charge in [0, 0.05) is 18.6 Å². The number of aliphatic hydroxyl groups is 1. The second kappa shape index (κ2) is 4.72. The molecule has 0 heterocycles. The molecular formula is C7H16O3S. The molecule has 0 spiro atoms. The van der Waals surface area contributed by atoms with Crippen LogP contribution >= 0.6 is 0 Å². The van der Waals surface area contributed by atoms with Crippen molar-refractivity contribution >= 4 is 9.84 Å². The molecule has 68 valence electrons. The van der Waals surface area contributed by atoms with Crippen LogP contribution in [0.5, 0.6) is 0 Å². The molecular weight excluding hydrogens is 164 g/mol. The minimum atomic E-state index is -2.81. The smallest absolute Gasteiger partial charge is 0.147 e. The molecule has 0 rings (SSSR count). The van der Waals surface area contributed by atoms with Crippen LogP contribution in [-0.4, -0.2) is 32.1 Å². The average molecular weight is 180 g/mol. The summed E-state index contributed by atoms with van der Waals surface area (Å²) >= 11 is 0. The fourth-order valence-corrected chi connectivity index (χ4v) is 1.48. The van der Waals surface area contributed by atoms with E-state index in [0.717, 1.165) is 6.42 Å². The lowest BCUT2D eigenvalue weighted by atomic mass is 10.1. The van der Waals surface area contributed by atoms with Crippen molar-refractivity contribution in [3.8, 4) is 0 Å². The highest BCUT2D eigenvalue weighted by Gasteiger charge is 2.04. The minimum absolute atomic E-state index is 0.143. The van der Waals surface area contributed by atoms with Gasteiger partial charge in [0.05, 0.1) is 0 Å². The van der Waals surface area contributed by atoms with Gasteiger partial charge >= 0.3 is 0 Å². The van der Waals surface area contributed by atoms with Crippen LogP contribution in [0.1, 0.15) is 19.8 Å². The van der Waals surface area contributed by atoms with E-state index in [-0.39, 0.29) is 18.3 Å². The van der Waals surface area contributed by atoms with Crippen molar-refractivity contribution in [1.82, 2.24) is 0 Å². The van der Waals surface area contributed by atoms with Crippen molar-refractivity contribution in [1.29, 1.82) is 0 Å². The normalized spacial score (nSPS) is 14.8. The van der Waals surface area contributed by atoms with Crippen LogP contribution in [0.15, 0.2) is 0 Å². The highest BCUT2D eigenvalue weighted by Crippen LogP contribution is 2.04. The zero-order chi connectivity index (χ0) is 8.91. The standard InChI is InChI=1S/C7H16O3S/c1-7(6-8)4-3-5-11(2,9)10/h7-8H,3-6H2,1-2H3. The first-order valence-electron chi connectivity index (χ1n) is 3.74. The Bertz CT molecular complexity index is 184. The second-order valence-corrected chi connectivity index (χ2v) is 5.32. The van der Waals surface area contributed by atoms with Gasteiger partial charge in [-0.3, -0.25) is 0 Å². The largest absolute Gasteiger partial charge is 0.396 e. The summed E-state index contributed by atoms with van der Waals surface area (Å²) < 4.78 is 21.3. The van der Waals surface area contributed by atoms with Gasteiger partial charge in [-0.25, -0.2) is 8.42 Å². The van der Waals surface area contributed by atoms with E-state index in [2.05, 4.69) is 0 Å². The maximum Gasteiger partial charge on any atom is 0.147 e. The number of aliphatic hydroxyl groups excluding tert-OH is 1. The Kier molecular flexibility index (Phi) is 4.68. The van der Waals surface area contributed by atoms with Crippen molar-refractivity contribution < 1.29 is 13.5 Å². The highest BCUT2D eigenvalue weighted by molar-refractivity contribution is 7.90. The van der Waals surface area contributed by atoms with Crippen LogP contribution in [0.4, 0.5) is 0 Å². The monoisotopic (exact) mass is 180 g/mol. The second-order valence-electron chi connectivity index (χ2n) is 3.06. The van der Waals surface area contributed by atoms with Crippen molar-refractivity contribution in [2.24, 2.45) is 5.92 Å². The third-order valence-corrected chi connectivity index (χ3v) is 2.55. The maximum atomic E-state index is 10.6. The number of rotatable bonds is 5. The lowest BCUT2D eigenvalue weighted by Gasteiger charge is -2.05. The van der Waals surface area contributed by atoms with Crippen molar-refractivity contribution in [2.45, 2.75) is 19.8 Å². The SMILES string of the molecule is CC(CO)CCCS(C)(=O)=O. The summed E-state index contributed by atoms with van der Waals surface area (Å²) in [4.78, 5) is 0. The molecule has 0 aromatic heterocycles. The number of hydrogen-bond donors (Lipinski definition) is 1. The van der Waals surface area contributed by atoms with E-state index in [0.29, 0.717) is 6.42 Å². The summed E-state index contributed by atoms with van der Waals surface area (Å²) in [7, 11) is -2.81. The zero-order valence-electron chi connectivity index (χ0n) is 7.08. The molecule has 3 nitrogen and oxygen atoms in total. The van der Waals surface area contributed by atoms with Crippen molar-refractivity contribution in [3.05, 3.63) is 0 Å². The van der Waals surface area contributed by atoms with Gasteiger partial charge in [-0.2, -0.15) is 0 Å². The van der Waals surface area contributed by atoms with Gasteiger partial charge in [-0.05, 0) is 18.8 Å². The first-order valence-corrected chi connectivity index (χ1v) is 5.80. The van der Waals surface area contributed by atoms with Gasteiger partial charge < -0.3 is 5.11 Å². The molecule has 0 aromatic carbocycles. The third kappa shape index (κ3) is 7.81. The number of hydrogen-bond acceptors (Lipinski definition) is 3. The molecule has 4 heteroatoms. The fraction of sp³-hybridized carbons (Fsp3) is 1.00. The van der Waals surface area contributed by atoms with E-state index in [9.17, 15) is 8.42 Å². The summed E-state index contributed by atoms with van der Waals surface area (Å²) in [6.45, 7) is 2.05. The predicted molar refractivity (Wildman–Crippen MR) is 45.2 cm³/mol. The topological polar surface area (TPSA) is 54.4 Å². The van der Waals surface area contributed by atoms with E-state index >= 15 is 0 Å². The van der Waals surface area contributed by atoms with E-state index < -0.39 is 9.84 Å². The van der Waals surface area contributed by atoms with Crippen LogP contribution in [-0.2, 0) is 9.84 Å². The molecule has 0 radical (unpaired) electrons. The first kappa shape index (κ1) is 10.9. The summed E-state index contributed by atoms with van der Waals surface area (Å²) in [5.41, 5.74) is 0. The molecule has 0 fully saturated rings. The van der Waals surface area contributed by atoms with E-state index in [1.807, 2.05) is 6.92 Å². The maximum absolute atomic E-state index is 10.6. The molecule has 0 aliphatic heterocycles. The summed E-state index contributed by atoms with van der Waals surface area (Å²) in [6.07, 6.45) is 2.67.